The van der Waals surface area contributed by atoms with E-state index in [0.29, 0.717) is 30.0 Å². The number of methoxy groups -OCH3 is 1. The summed E-state index contributed by atoms with van der Waals surface area (Å²) in [6.45, 7) is 0. The number of benzene rings is 1. The summed E-state index contributed by atoms with van der Waals surface area (Å²) >= 11 is 0. The van der Waals surface area contributed by atoms with Crippen LogP contribution in [0.3, 0.4) is 0 Å². The van der Waals surface area contributed by atoms with Gasteiger partial charge in [-0.2, -0.15) is 0 Å². The van der Waals surface area contributed by atoms with Crippen molar-refractivity contribution >= 4 is 11.6 Å². The zero-order valence-corrected chi connectivity index (χ0v) is 15.5. The summed E-state index contributed by atoms with van der Waals surface area (Å²) < 4.78 is 7.76. The molecule has 27 heavy (non-hydrogen) atoms. The minimum atomic E-state index is -0.454. The third kappa shape index (κ3) is 2.53. The van der Waals surface area contributed by atoms with Crippen LogP contribution in [0.5, 0.6) is 5.75 Å². The van der Waals surface area contributed by atoms with E-state index in [9.17, 15) is 14.4 Å². The topological polar surface area (TPSA) is 82.3 Å². The van der Waals surface area contributed by atoms with E-state index >= 15 is 0 Å². The van der Waals surface area contributed by atoms with E-state index in [1.807, 2.05) is 30.3 Å². The fraction of sp³-hybridized carbons (Fsp3) is 0.350. The number of Topliss-reactive ketones (excluding diaryl/α,β-unsaturated/α-hetero) is 1. The highest BCUT2D eigenvalue weighted by Gasteiger charge is 2.42. The number of rotatable bonds is 2. The average molecular weight is 367 g/mol. The minimum Gasteiger partial charge on any atom is -0.497 e. The number of ether oxygens (including phenoxy) is 1. The molecule has 0 unspecified atom stereocenters. The Labute approximate surface area is 155 Å². The highest BCUT2D eigenvalue weighted by molar-refractivity contribution is 5.89. The van der Waals surface area contributed by atoms with Crippen molar-refractivity contribution in [1.29, 1.82) is 0 Å². The molecule has 0 spiro atoms. The lowest BCUT2D eigenvalue weighted by molar-refractivity contribution is -0.122. The van der Waals surface area contributed by atoms with Crippen LogP contribution in [-0.2, 0) is 18.9 Å². The second-order valence-corrected chi connectivity index (χ2v) is 6.99. The maximum Gasteiger partial charge on any atom is 0.332 e. The number of nitrogens with one attached hydrogen (secondary N) is 1. The first-order valence-corrected chi connectivity index (χ1v) is 8.87. The predicted molar refractivity (Wildman–Crippen MR) is 101 cm³/mol. The van der Waals surface area contributed by atoms with Crippen molar-refractivity contribution in [1.82, 2.24) is 9.13 Å². The molecule has 2 aromatic rings. The summed E-state index contributed by atoms with van der Waals surface area (Å²) in [7, 11) is 4.68. The summed E-state index contributed by atoms with van der Waals surface area (Å²) in [6.07, 6.45) is 3.10. The van der Waals surface area contributed by atoms with Gasteiger partial charge in [0.25, 0.3) is 5.56 Å². The number of anilines is 1. The maximum atomic E-state index is 13.0. The molecule has 0 fully saturated rings. The van der Waals surface area contributed by atoms with Gasteiger partial charge in [0.05, 0.1) is 18.6 Å². The van der Waals surface area contributed by atoms with Gasteiger partial charge in [-0.1, -0.05) is 18.2 Å². The second-order valence-electron chi connectivity index (χ2n) is 6.99. The molecule has 0 saturated heterocycles. The van der Waals surface area contributed by atoms with Crippen molar-refractivity contribution in [2.45, 2.75) is 18.8 Å². The lowest BCUT2D eigenvalue weighted by Gasteiger charge is -2.38. The Morgan fingerprint density at radius 1 is 1.04 bits per heavy atom. The molecule has 0 amide bonds. The van der Waals surface area contributed by atoms with Gasteiger partial charge in [0, 0.05) is 32.1 Å². The number of nitrogens with zero attached hydrogens (tertiary/aromatic N) is 2. The number of hydrogen-bond donors (Lipinski definition) is 1. The van der Waals surface area contributed by atoms with Crippen molar-refractivity contribution in [2.75, 3.05) is 12.4 Å². The van der Waals surface area contributed by atoms with Crippen LogP contribution < -0.4 is 21.3 Å². The van der Waals surface area contributed by atoms with Gasteiger partial charge in [0.2, 0.25) is 0 Å². The van der Waals surface area contributed by atoms with Crippen molar-refractivity contribution in [2.24, 2.45) is 20.0 Å². The Balaban J connectivity index is 2.03. The van der Waals surface area contributed by atoms with Crippen LogP contribution in [0.25, 0.3) is 0 Å². The van der Waals surface area contributed by atoms with Crippen molar-refractivity contribution in [3.63, 3.8) is 0 Å². The van der Waals surface area contributed by atoms with Gasteiger partial charge in [-0.3, -0.25) is 18.7 Å². The van der Waals surface area contributed by atoms with Gasteiger partial charge in [0.1, 0.15) is 17.4 Å². The zero-order chi connectivity index (χ0) is 19.3. The van der Waals surface area contributed by atoms with E-state index in [2.05, 4.69) is 5.32 Å². The smallest absolute Gasteiger partial charge is 0.332 e. The van der Waals surface area contributed by atoms with Gasteiger partial charge < -0.3 is 10.1 Å². The van der Waals surface area contributed by atoms with E-state index in [1.165, 1.54) is 11.6 Å². The summed E-state index contributed by atoms with van der Waals surface area (Å²) in [5, 5.41) is 3.19. The number of ketones is 1. The van der Waals surface area contributed by atoms with Crippen LogP contribution in [0, 0.1) is 5.92 Å². The minimum absolute atomic E-state index is 0.0994. The first kappa shape index (κ1) is 17.3. The van der Waals surface area contributed by atoms with Crippen molar-refractivity contribution < 1.29 is 9.53 Å². The average Bonchev–Trinajstić information content (AvgIpc) is 2.69. The molecule has 1 N–H and O–H groups in total. The molecule has 7 nitrogen and oxygen atoms in total. The lowest BCUT2D eigenvalue weighted by atomic mass is 9.72. The fourth-order valence-corrected chi connectivity index (χ4v) is 4.10. The number of carbonyl (C=O) groups excluding carboxylic acids is 1. The Kier molecular flexibility index (Phi) is 4.02. The number of allylic oxidation sites excluding steroid dienone is 2. The summed E-state index contributed by atoms with van der Waals surface area (Å²) in [5.74, 6) is 0.358. The van der Waals surface area contributed by atoms with E-state index in [-0.39, 0.29) is 11.3 Å². The lowest BCUT2D eigenvalue weighted by Crippen LogP contribution is -2.46. The van der Waals surface area contributed by atoms with Crippen molar-refractivity contribution in [3.05, 3.63) is 68.0 Å². The molecule has 2 atom stereocenters. The molecular weight excluding hydrogens is 346 g/mol. The maximum absolute atomic E-state index is 13.0. The molecule has 140 valence electrons. The van der Waals surface area contributed by atoms with Crippen LogP contribution in [0.2, 0.25) is 0 Å². The van der Waals surface area contributed by atoms with Crippen molar-refractivity contribution in [3.8, 4) is 5.75 Å². The van der Waals surface area contributed by atoms with Gasteiger partial charge >= 0.3 is 5.69 Å². The third-order valence-electron chi connectivity index (χ3n) is 5.52. The molecule has 1 aromatic heterocycles. The molecule has 0 saturated carbocycles. The largest absolute Gasteiger partial charge is 0.497 e. The fourth-order valence-electron chi connectivity index (χ4n) is 4.10. The van der Waals surface area contributed by atoms with Gasteiger partial charge in [-0.25, -0.2) is 4.79 Å². The Morgan fingerprint density at radius 3 is 2.41 bits per heavy atom. The second kappa shape index (κ2) is 6.26. The predicted octanol–water partition coefficient (Wildman–Crippen LogP) is 1.51. The molecule has 2 heterocycles. The van der Waals surface area contributed by atoms with E-state index in [0.717, 1.165) is 15.8 Å². The van der Waals surface area contributed by atoms with Crippen LogP contribution in [-0.4, -0.2) is 22.0 Å². The molecule has 1 aliphatic carbocycles. The molecule has 0 radical (unpaired) electrons. The van der Waals surface area contributed by atoms with E-state index in [4.69, 9.17) is 4.74 Å². The standard InChI is InChI=1S/C20H21N3O4/c1-22-18-17(19(25)23(2)20(22)26)15(11-7-9-12(27-3)10-8-11)16-13(21-18)5-4-6-14(16)24/h5,7-10,15-16,21H,4,6H2,1-3H3/t15-,16-/m0/s1. The summed E-state index contributed by atoms with van der Waals surface area (Å²) in [5.41, 5.74) is 1.28. The number of carbonyl (C=O) groups is 1. The molecule has 2 aliphatic rings. The molecule has 1 aliphatic heterocycles. The first-order valence-electron chi connectivity index (χ1n) is 8.87. The summed E-state index contributed by atoms with van der Waals surface area (Å²) in [6, 6.07) is 7.39. The SMILES string of the molecule is COc1ccc([C@@H]2c3c(n(C)c(=O)n(C)c3=O)NC3=CCCC(=O)[C@H]32)cc1. The molecular formula is C20H21N3O4. The van der Waals surface area contributed by atoms with Crippen LogP contribution in [0.4, 0.5) is 5.82 Å². The number of fused-ring (bicyclic) bond motifs is 2. The van der Waals surface area contributed by atoms with Gasteiger partial charge in [-0.15, -0.1) is 0 Å². The Morgan fingerprint density at radius 2 is 1.74 bits per heavy atom. The Bertz CT molecular complexity index is 1080. The molecule has 0 bridgehead atoms. The zero-order valence-electron chi connectivity index (χ0n) is 15.5. The molecule has 4 rings (SSSR count). The first-order chi connectivity index (χ1) is 12.9. The van der Waals surface area contributed by atoms with E-state index in [1.54, 1.807) is 14.2 Å². The highest BCUT2D eigenvalue weighted by Crippen LogP contribution is 2.44. The van der Waals surface area contributed by atoms with Gasteiger partial charge in [-0.05, 0) is 24.1 Å². The third-order valence-corrected chi connectivity index (χ3v) is 5.52. The highest BCUT2D eigenvalue weighted by atomic mass is 16.5. The molecule has 7 heteroatoms. The monoisotopic (exact) mass is 367 g/mol. The van der Waals surface area contributed by atoms with E-state index < -0.39 is 17.5 Å². The quantitative estimate of drug-likeness (QED) is 0.870. The number of aromatic nitrogens is 2. The van der Waals surface area contributed by atoms with Gasteiger partial charge in [0.15, 0.2) is 0 Å². The normalized spacial score (nSPS) is 21.0. The molecule has 1 aromatic carbocycles. The van der Waals surface area contributed by atoms with Crippen LogP contribution in [0.15, 0.2) is 45.6 Å². The van der Waals surface area contributed by atoms with Crippen LogP contribution >= 0.6 is 0 Å². The number of hydrogen-bond acceptors (Lipinski definition) is 5. The van der Waals surface area contributed by atoms with Crippen LogP contribution in [0.1, 0.15) is 29.9 Å². The Hall–Kier alpha value is -3.09. The summed E-state index contributed by atoms with van der Waals surface area (Å²) in [4.78, 5) is 38.2.